The molecule has 2 aliphatic heterocycles. The number of nitrogens with zero attached hydrogens (tertiary/aromatic N) is 1. The van der Waals surface area contributed by atoms with Crippen molar-refractivity contribution in [1.29, 1.82) is 5.41 Å². The molecular formula is C23H36N6O5S. The fourth-order valence-corrected chi connectivity index (χ4v) is 6.24. The zero-order valence-corrected chi connectivity index (χ0v) is 21.1. The van der Waals surface area contributed by atoms with E-state index in [1.165, 1.54) is 17.9 Å². The number of hydrogen-bond donors (Lipinski definition) is 6. The van der Waals surface area contributed by atoms with Gasteiger partial charge >= 0.3 is 5.97 Å². The third kappa shape index (κ3) is 6.04. The van der Waals surface area contributed by atoms with Crippen LogP contribution in [0.2, 0.25) is 0 Å². The van der Waals surface area contributed by atoms with Crippen LogP contribution in [0.25, 0.3) is 0 Å². The molecule has 35 heavy (non-hydrogen) atoms. The van der Waals surface area contributed by atoms with Gasteiger partial charge in [0.1, 0.15) is 16.5 Å². The number of anilines is 1. The highest BCUT2D eigenvalue weighted by molar-refractivity contribution is 7.89. The van der Waals surface area contributed by atoms with E-state index in [1.807, 2.05) is 6.07 Å². The van der Waals surface area contributed by atoms with Crippen LogP contribution in [0, 0.1) is 11.3 Å². The Bertz CT molecular complexity index is 1080. The standard InChI is InChI=1S/C23H36N6O5S/c1-15-13-16-7-5-9-18(19(16)27-14-15)35(33,34)28-17(8-6-11-26-22(24)25)20(30)29-12-4-3-10-23(29,2)21(31)32/h5,7,9,15,17,27-28H,3-4,6,8,10-14H2,1-2H3,(H,31,32)(H4,24,25,26)/t15?,17-,23?/m0/s1. The maximum absolute atomic E-state index is 13.6. The van der Waals surface area contributed by atoms with Crippen molar-refractivity contribution in [2.75, 3.05) is 25.0 Å². The van der Waals surface area contributed by atoms with Gasteiger partial charge in [-0.05, 0) is 63.0 Å². The number of benzene rings is 1. The monoisotopic (exact) mass is 508 g/mol. The summed E-state index contributed by atoms with van der Waals surface area (Å²) in [5.74, 6) is -1.53. The summed E-state index contributed by atoms with van der Waals surface area (Å²) in [7, 11) is -4.11. The lowest BCUT2D eigenvalue weighted by Crippen LogP contribution is -2.61. The molecule has 0 aromatic heterocycles. The van der Waals surface area contributed by atoms with Gasteiger partial charge in [-0.25, -0.2) is 13.2 Å². The Morgan fingerprint density at radius 1 is 1.37 bits per heavy atom. The second-order valence-electron chi connectivity index (χ2n) is 9.66. The minimum Gasteiger partial charge on any atom is -0.480 e. The molecule has 0 saturated carbocycles. The molecule has 194 valence electrons. The molecular weight excluding hydrogens is 472 g/mol. The lowest BCUT2D eigenvalue weighted by molar-refractivity contribution is -0.161. The van der Waals surface area contributed by atoms with Crippen LogP contribution >= 0.6 is 0 Å². The van der Waals surface area contributed by atoms with E-state index < -0.39 is 33.5 Å². The molecule has 0 spiro atoms. The number of rotatable bonds is 9. The number of sulfonamides is 1. The topological polar surface area (TPSA) is 178 Å². The molecule has 3 atom stereocenters. The second-order valence-corrected chi connectivity index (χ2v) is 11.3. The van der Waals surface area contributed by atoms with Crippen molar-refractivity contribution >= 4 is 33.5 Å². The Morgan fingerprint density at radius 2 is 2.11 bits per heavy atom. The minimum absolute atomic E-state index is 0.0706. The van der Waals surface area contributed by atoms with Crippen molar-refractivity contribution in [3.8, 4) is 0 Å². The van der Waals surface area contributed by atoms with Crippen molar-refractivity contribution in [3.05, 3.63) is 23.8 Å². The summed E-state index contributed by atoms with van der Waals surface area (Å²) in [6.07, 6.45) is 2.83. The molecule has 2 aliphatic rings. The lowest BCUT2D eigenvalue weighted by Gasteiger charge is -2.43. The number of para-hydroxylation sites is 1. The van der Waals surface area contributed by atoms with Gasteiger partial charge in [0.25, 0.3) is 0 Å². The van der Waals surface area contributed by atoms with Gasteiger partial charge in [0.2, 0.25) is 15.9 Å². The van der Waals surface area contributed by atoms with E-state index in [9.17, 15) is 23.1 Å². The van der Waals surface area contributed by atoms with Gasteiger partial charge in [0.05, 0.1) is 5.69 Å². The van der Waals surface area contributed by atoms with E-state index in [4.69, 9.17) is 11.1 Å². The number of carboxylic acid groups (broad SMARTS) is 1. The highest BCUT2D eigenvalue weighted by atomic mass is 32.2. The number of carbonyl (C=O) groups excluding carboxylic acids is 1. The van der Waals surface area contributed by atoms with Crippen molar-refractivity contribution in [3.63, 3.8) is 0 Å². The van der Waals surface area contributed by atoms with Crippen LogP contribution in [0.15, 0.2) is 23.1 Å². The fourth-order valence-electron chi connectivity index (χ4n) is 4.79. The number of fused-ring (bicyclic) bond motifs is 1. The molecule has 3 rings (SSSR count). The largest absolute Gasteiger partial charge is 0.480 e. The first-order valence-corrected chi connectivity index (χ1v) is 13.4. The average molecular weight is 509 g/mol. The predicted molar refractivity (Wildman–Crippen MR) is 133 cm³/mol. The van der Waals surface area contributed by atoms with Crippen LogP contribution in [0.5, 0.6) is 0 Å². The molecule has 1 amide bonds. The Hall–Kier alpha value is -2.86. The van der Waals surface area contributed by atoms with Crippen LogP contribution < -0.4 is 21.1 Å². The van der Waals surface area contributed by atoms with E-state index >= 15 is 0 Å². The number of guanidine groups is 1. The van der Waals surface area contributed by atoms with Gasteiger partial charge in [0.15, 0.2) is 5.96 Å². The lowest BCUT2D eigenvalue weighted by atomic mass is 9.87. The van der Waals surface area contributed by atoms with Gasteiger partial charge in [-0.1, -0.05) is 19.1 Å². The van der Waals surface area contributed by atoms with Crippen LogP contribution in [0.4, 0.5) is 5.69 Å². The van der Waals surface area contributed by atoms with Crippen molar-refractivity contribution in [2.24, 2.45) is 11.7 Å². The van der Waals surface area contributed by atoms with Gasteiger partial charge < -0.3 is 26.4 Å². The number of amides is 1. The molecule has 2 heterocycles. The van der Waals surface area contributed by atoms with Crippen molar-refractivity contribution in [1.82, 2.24) is 14.9 Å². The number of hydrogen-bond acceptors (Lipinski definition) is 6. The van der Waals surface area contributed by atoms with Crippen molar-refractivity contribution < 1.29 is 23.1 Å². The molecule has 7 N–H and O–H groups in total. The number of nitrogens with two attached hydrogens (primary N) is 1. The predicted octanol–water partition coefficient (Wildman–Crippen LogP) is 1.06. The molecule has 0 radical (unpaired) electrons. The first-order chi connectivity index (χ1) is 16.5. The Morgan fingerprint density at radius 3 is 2.80 bits per heavy atom. The molecule has 1 aromatic carbocycles. The average Bonchev–Trinajstić information content (AvgIpc) is 2.80. The number of carbonyl (C=O) groups is 2. The Labute approximate surface area is 206 Å². The Balaban J connectivity index is 1.89. The number of nitrogens with one attached hydrogen (secondary N) is 4. The van der Waals surface area contributed by atoms with E-state index in [-0.39, 0.29) is 30.4 Å². The van der Waals surface area contributed by atoms with E-state index in [2.05, 4.69) is 22.3 Å². The quantitative estimate of drug-likeness (QED) is 0.163. The van der Waals surface area contributed by atoms with Gasteiger partial charge in [-0.2, -0.15) is 4.72 Å². The normalized spacial score (nSPS) is 23.0. The van der Waals surface area contributed by atoms with Crippen LogP contribution in [-0.4, -0.2) is 67.5 Å². The molecule has 2 unspecified atom stereocenters. The SMILES string of the molecule is CC1CNc2c(cccc2S(=O)(=O)N[C@@H](CCCNC(=N)N)C(=O)N2CCCCC2(C)C(=O)O)C1. The molecule has 11 nitrogen and oxygen atoms in total. The van der Waals surface area contributed by atoms with Gasteiger partial charge in [0, 0.05) is 19.6 Å². The first kappa shape index (κ1) is 26.7. The summed E-state index contributed by atoms with van der Waals surface area (Å²) in [6.45, 7) is 4.75. The molecule has 0 aliphatic carbocycles. The van der Waals surface area contributed by atoms with Gasteiger partial charge in [-0.15, -0.1) is 0 Å². The van der Waals surface area contributed by atoms with Crippen LogP contribution in [-0.2, 0) is 26.0 Å². The number of aliphatic carboxylic acids is 1. The summed E-state index contributed by atoms with van der Waals surface area (Å²) in [5, 5.41) is 23.0. The summed E-state index contributed by atoms with van der Waals surface area (Å²) in [4.78, 5) is 27.0. The highest BCUT2D eigenvalue weighted by Crippen LogP contribution is 2.32. The number of likely N-dealkylation sites (tertiary alicyclic amines) is 1. The summed E-state index contributed by atoms with van der Waals surface area (Å²) < 4.78 is 29.6. The molecule has 1 fully saturated rings. The van der Waals surface area contributed by atoms with E-state index in [1.54, 1.807) is 6.07 Å². The van der Waals surface area contributed by atoms with E-state index in [0.29, 0.717) is 43.8 Å². The zero-order valence-electron chi connectivity index (χ0n) is 20.3. The fraction of sp³-hybridized carbons (Fsp3) is 0.609. The second kappa shape index (κ2) is 10.8. The molecule has 1 saturated heterocycles. The van der Waals surface area contributed by atoms with Crippen LogP contribution in [0.3, 0.4) is 0 Å². The third-order valence-electron chi connectivity index (χ3n) is 6.80. The summed E-state index contributed by atoms with van der Waals surface area (Å²) in [6, 6.07) is 3.92. The molecule has 0 bridgehead atoms. The number of piperidine rings is 1. The van der Waals surface area contributed by atoms with E-state index in [0.717, 1.165) is 12.0 Å². The number of carboxylic acids is 1. The Kier molecular flexibility index (Phi) is 8.26. The van der Waals surface area contributed by atoms with Gasteiger partial charge in [-0.3, -0.25) is 10.2 Å². The van der Waals surface area contributed by atoms with Crippen LogP contribution in [0.1, 0.15) is 51.5 Å². The van der Waals surface area contributed by atoms with Crippen molar-refractivity contribution in [2.45, 2.75) is 68.8 Å². The third-order valence-corrected chi connectivity index (χ3v) is 8.31. The first-order valence-electron chi connectivity index (χ1n) is 12.0. The smallest absolute Gasteiger partial charge is 0.329 e. The maximum atomic E-state index is 13.6. The highest BCUT2D eigenvalue weighted by Gasteiger charge is 2.46. The minimum atomic E-state index is -4.11. The molecule has 1 aromatic rings. The summed E-state index contributed by atoms with van der Waals surface area (Å²) in [5.41, 5.74) is 5.35. The summed E-state index contributed by atoms with van der Waals surface area (Å²) >= 11 is 0. The maximum Gasteiger partial charge on any atom is 0.329 e. The molecule has 12 heteroatoms. The zero-order chi connectivity index (χ0) is 25.8.